The van der Waals surface area contributed by atoms with Crippen LogP contribution in [0.4, 0.5) is 0 Å². The molecule has 0 saturated carbocycles. The Morgan fingerprint density at radius 3 is 2.37 bits per heavy atom. The second kappa shape index (κ2) is 6.04. The molecule has 0 radical (unpaired) electrons. The standard InChI is InChI=1S/C19H24BN5O2/c1-18(2)19(3,4)27-20(26-18)14-9-7-8-13(10-14)16-15(11-22-25(16)6)17-23-21-12-24(17)5/h7-12H,1-6H3. The lowest BCUT2D eigenvalue weighted by Gasteiger charge is -2.32. The van der Waals surface area contributed by atoms with Gasteiger partial charge in [-0.25, -0.2) is 0 Å². The molecule has 0 amide bonds. The van der Waals surface area contributed by atoms with Crippen LogP contribution < -0.4 is 5.46 Å². The van der Waals surface area contributed by atoms with Crippen LogP contribution >= 0.6 is 0 Å². The fraction of sp³-hybridized carbons (Fsp3) is 0.421. The summed E-state index contributed by atoms with van der Waals surface area (Å²) >= 11 is 0. The largest absolute Gasteiger partial charge is 0.494 e. The average molecular weight is 365 g/mol. The molecule has 1 fully saturated rings. The minimum atomic E-state index is -0.401. The van der Waals surface area contributed by atoms with E-state index >= 15 is 0 Å². The lowest BCUT2D eigenvalue weighted by atomic mass is 9.78. The van der Waals surface area contributed by atoms with Crippen LogP contribution in [0.15, 0.2) is 36.8 Å². The van der Waals surface area contributed by atoms with Gasteiger partial charge in [0.15, 0.2) is 5.82 Å². The van der Waals surface area contributed by atoms with Crippen LogP contribution in [0.2, 0.25) is 0 Å². The third kappa shape index (κ3) is 2.89. The molecule has 0 aliphatic carbocycles. The molecule has 4 rings (SSSR count). The van der Waals surface area contributed by atoms with Crippen LogP contribution in [0.5, 0.6) is 0 Å². The zero-order chi connectivity index (χ0) is 19.4. The minimum absolute atomic E-state index is 0.371. The first-order valence-electron chi connectivity index (χ1n) is 9.02. The molecule has 27 heavy (non-hydrogen) atoms. The van der Waals surface area contributed by atoms with Gasteiger partial charge in [-0.15, -0.1) is 10.2 Å². The van der Waals surface area contributed by atoms with Gasteiger partial charge in [0, 0.05) is 19.7 Å². The van der Waals surface area contributed by atoms with Crippen LogP contribution in [0, 0.1) is 0 Å². The Bertz CT molecular complexity index is 976. The molecular weight excluding hydrogens is 341 g/mol. The van der Waals surface area contributed by atoms with Gasteiger partial charge >= 0.3 is 7.12 Å². The van der Waals surface area contributed by atoms with E-state index in [1.807, 2.05) is 41.7 Å². The maximum Gasteiger partial charge on any atom is 0.494 e. The van der Waals surface area contributed by atoms with Gasteiger partial charge in [0.1, 0.15) is 6.33 Å². The Morgan fingerprint density at radius 1 is 1.04 bits per heavy atom. The third-order valence-electron chi connectivity index (χ3n) is 5.58. The summed E-state index contributed by atoms with van der Waals surface area (Å²) in [5, 5.41) is 12.7. The molecule has 3 aromatic rings. The molecule has 2 aromatic heterocycles. The highest BCUT2D eigenvalue weighted by Crippen LogP contribution is 2.37. The van der Waals surface area contributed by atoms with E-state index in [1.165, 1.54) is 0 Å². The summed E-state index contributed by atoms with van der Waals surface area (Å²) in [7, 11) is 3.45. The lowest BCUT2D eigenvalue weighted by molar-refractivity contribution is 0.00578. The Labute approximate surface area is 159 Å². The number of nitrogens with zero attached hydrogens (tertiary/aromatic N) is 5. The van der Waals surface area contributed by atoms with Crippen molar-refractivity contribution in [2.45, 2.75) is 38.9 Å². The molecule has 8 heteroatoms. The van der Waals surface area contributed by atoms with Gasteiger partial charge in [-0.3, -0.25) is 4.68 Å². The molecule has 0 N–H and O–H groups in total. The third-order valence-corrected chi connectivity index (χ3v) is 5.58. The number of aromatic nitrogens is 5. The smallest absolute Gasteiger partial charge is 0.399 e. The number of rotatable bonds is 3. The number of hydrogen-bond donors (Lipinski definition) is 0. The normalized spacial score (nSPS) is 18.2. The van der Waals surface area contributed by atoms with E-state index in [9.17, 15) is 0 Å². The molecule has 7 nitrogen and oxygen atoms in total. The predicted molar refractivity (Wildman–Crippen MR) is 104 cm³/mol. The van der Waals surface area contributed by atoms with Gasteiger partial charge in [0.2, 0.25) is 0 Å². The van der Waals surface area contributed by atoms with Crippen molar-refractivity contribution in [3.05, 3.63) is 36.8 Å². The van der Waals surface area contributed by atoms with Gasteiger partial charge in [-0.2, -0.15) is 5.10 Å². The first kappa shape index (κ1) is 17.9. The molecule has 1 aliphatic rings. The zero-order valence-corrected chi connectivity index (χ0v) is 16.6. The zero-order valence-electron chi connectivity index (χ0n) is 16.6. The Kier molecular flexibility index (Phi) is 4.01. The van der Waals surface area contributed by atoms with Gasteiger partial charge in [0.05, 0.1) is 28.7 Å². The number of hydrogen-bond acceptors (Lipinski definition) is 5. The summed E-state index contributed by atoms with van der Waals surface area (Å²) in [6.45, 7) is 8.24. The van der Waals surface area contributed by atoms with Crippen LogP contribution in [-0.4, -0.2) is 42.9 Å². The Morgan fingerprint density at radius 2 is 1.74 bits per heavy atom. The highest BCUT2D eigenvalue weighted by molar-refractivity contribution is 6.62. The van der Waals surface area contributed by atoms with Crippen LogP contribution in [0.1, 0.15) is 27.7 Å². The lowest BCUT2D eigenvalue weighted by Crippen LogP contribution is -2.41. The van der Waals surface area contributed by atoms with Crippen molar-refractivity contribution in [1.29, 1.82) is 0 Å². The summed E-state index contributed by atoms with van der Waals surface area (Å²) in [6.07, 6.45) is 3.51. The first-order chi connectivity index (χ1) is 12.7. The van der Waals surface area contributed by atoms with Gasteiger partial charge < -0.3 is 13.9 Å². The number of aryl methyl sites for hydroxylation is 2. The average Bonchev–Trinajstić information content (AvgIpc) is 3.24. The Hall–Kier alpha value is -2.45. The second-order valence-corrected chi connectivity index (χ2v) is 8.01. The van der Waals surface area contributed by atoms with Crippen molar-refractivity contribution < 1.29 is 9.31 Å². The van der Waals surface area contributed by atoms with Crippen LogP contribution in [0.3, 0.4) is 0 Å². The van der Waals surface area contributed by atoms with Crippen LogP contribution in [0.25, 0.3) is 22.6 Å². The molecule has 140 valence electrons. The second-order valence-electron chi connectivity index (χ2n) is 8.01. The van der Waals surface area contributed by atoms with Gasteiger partial charge in [-0.1, -0.05) is 24.3 Å². The summed E-state index contributed by atoms with van der Waals surface area (Å²) in [5.74, 6) is 0.777. The van der Waals surface area contributed by atoms with Crippen molar-refractivity contribution in [2.24, 2.45) is 14.1 Å². The first-order valence-corrected chi connectivity index (χ1v) is 9.02. The minimum Gasteiger partial charge on any atom is -0.399 e. The highest BCUT2D eigenvalue weighted by Gasteiger charge is 2.51. The van der Waals surface area contributed by atoms with Crippen molar-refractivity contribution >= 4 is 12.6 Å². The molecule has 1 aliphatic heterocycles. The quantitative estimate of drug-likeness (QED) is 0.666. The molecule has 0 spiro atoms. The van der Waals surface area contributed by atoms with E-state index in [0.29, 0.717) is 0 Å². The van der Waals surface area contributed by atoms with Crippen molar-refractivity contribution in [2.75, 3.05) is 0 Å². The van der Waals surface area contributed by atoms with Gasteiger partial charge in [-0.05, 0) is 33.2 Å². The molecule has 1 saturated heterocycles. The van der Waals surface area contributed by atoms with Crippen molar-refractivity contribution in [3.63, 3.8) is 0 Å². The van der Waals surface area contributed by atoms with Crippen molar-refractivity contribution in [1.82, 2.24) is 24.5 Å². The van der Waals surface area contributed by atoms with E-state index in [-0.39, 0.29) is 11.2 Å². The van der Waals surface area contributed by atoms with Gasteiger partial charge in [0.25, 0.3) is 0 Å². The van der Waals surface area contributed by atoms with E-state index in [2.05, 4.69) is 55.1 Å². The topological polar surface area (TPSA) is 67.0 Å². The summed E-state index contributed by atoms with van der Waals surface area (Å²) < 4.78 is 16.1. The fourth-order valence-corrected chi connectivity index (χ4v) is 3.28. The molecule has 3 heterocycles. The Balaban J connectivity index is 1.75. The monoisotopic (exact) mass is 365 g/mol. The highest BCUT2D eigenvalue weighted by atomic mass is 16.7. The maximum atomic E-state index is 6.20. The van der Waals surface area contributed by atoms with E-state index in [4.69, 9.17) is 9.31 Å². The molecular formula is C19H24BN5O2. The summed E-state index contributed by atoms with van der Waals surface area (Å²) in [6, 6.07) is 8.21. The summed E-state index contributed by atoms with van der Waals surface area (Å²) in [4.78, 5) is 0. The predicted octanol–water partition coefficient (Wildman–Crippen LogP) is 2.18. The molecule has 0 atom stereocenters. The fourth-order valence-electron chi connectivity index (χ4n) is 3.28. The molecule has 1 aromatic carbocycles. The SMILES string of the molecule is Cn1cnnc1-c1cnn(C)c1-c1cccc(B2OC(C)(C)C(C)(C)O2)c1. The van der Waals surface area contributed by atoms with E-state index in [0.717, 1.165) is 28.1 Å². The molecule has 0 bridgehead atoms. The number of benzene rings is 1. The van der Waals surface area contributed by atoms with E-state index in [1.54, 1.807) is 6.33 Å². The summed E-state index contributed by atoms with van der Waals surface area (Å²) in [5.41, 5.74) is 3.18. The van der Waals surface area contributed by atoms with E-state index < -0.39 is 7.12 Å². The molecule has 0 unspecified atom stereocenters. The van der Waals surface area contributed by atoms with Crippen molar-refractivity contribution in [3.8, 4) is 22.6 Å². The maximum absolute atomic E-state index is 6.20. The van der Waals surface area contributed by atoms with Crippen LogP contribution in [-0.2, 0) is 23.4 Å².